The van der Waals surface area contributed by atoms with Crippen molar-refractivity contribution in [3.05, 3.63) is 52.5 Å². The highest BCUT2D eigenvalue weighted by Crippen LogP contribution is 2.70. The van der Waals surface area contributed by atoms with Crippen molar-refractivity contribution in [1.29, 1.82) is 0 Å². The molecule has 1 aromatic carbocycles. The van der Waals surface area contributed by atoms with Crippen LogP contribution in [0.1, 0.15) is 68.8 Å². The van der Waals surface area contributed by atoms with Crippen LogP contribution in [0.15, 0.2) is 51.9 Å². The van der Waals surface area contributed by atoms with Crippen LogP contribution in [0.3, 0.4) is 0 Å². The number of benzene rings is 1. The molecule has 0 aromatic heterocycles. The smallest absolute Gasteiger partial charge is 0.383 e. The Morgan fingerprint density at radius 2 is 1.70 bits per heavy atom. The van der Waals surface area contributed by atoms with Crippen molar-refractivity contribution in [2.24, 2.45) is 17.3 Å². The Balaban J connectivity index is 1.82. The summed E-state index contributed by atoms with van der Waals surface area (Å²) in [7, 11) is -4.22. The number of allylic oxidation sites excluding steroid dienone is 4. The number of fused-ring (bicyclic) bond motifs is 4. The first kappa shape index (κ1) is 21.8. The van der Waals surface area contributed by atoms with E-state index in [2.05, 4.69) is 0 Å². The van der Waals surface area contributed by atoms with E-state index < -0.39 is 92.6 Å². The number of carbonyl (C=O) groups is 1. The fourth-order valence-electron chi connectivity index (χ4n) is 7.34. The Labute approximate surface area is 218 Å². The molecule has 4 aliphatic carbocycles. The zero-order valence-corrected chi connectivity index (χ0v) is 21.0. The zero-order valence-electron chi connectivity index (χ0n) is 24.2. The summed E-state index contributed by atoms with van der Waals surface area (Å²) in [6.45, 7) is 1.18. The molecular weight excluding hydrogens is 515 g/mol. The number of sulfone groups is 1. The Morgan fingerprint density at radius 1 is 1.05 bits per heavy atom. The van der Waals surface area contributed by atoms with Gasteiger partial charge >= 0.3 is 12.1 Å². The van der Waals surface area contributed by atoms with E-state index in [-0.39, 0.29) is 37.0 Å². The van der Waals surface area contributed by atoms with E-state index in [0.717, 1.165) is 6.26 Å². The molecule has 10 heteroatoms. The van der Waals surface area contributed by atoms with E-state index >= 15 is 8.78 Å². The summed E-state index contributed by atoms with van der Waals surface area (Å²) >= 11 is 0. The summed E-state index contributed by atoms with van der Waals surface area (Å²) < 4.78 is 130. The number of halogens is 5. The van der Waals surface area contributed by atoms with Crippen LogP contribution in [0.2, 0.25) is 0 Å². The normalized spacial score (nSPS) is 36.1. The van der Waals surface area contributed by atoms with Crippen molar-refractivity contribution in [3.63, 3.8) is 0 Å². The Kier molecular flexibility index (Phi) is 4.84. The van der Waals surface area contributed by atoms with Gasteiger partial charge in [0.05, 0.1) is 10.4 Å². The summed E-state index contributed by atoms with van der Waals surface area (Å²) in [5.41, 5.74) is -3.96. The molecule has 0 heterocycles. The summed E-state index contributed by atoms with van der Waals surface area (Å²) in [5.74, 6) is -8.28. The van der Waals surface area contributed by atoms with Gasteiger partial charge in [-0.1, -0.05) is 24.6 Å². The molecule has 0 spiro atoms. The molecule has 4 aliphatic rings. The molecule has 2 fully saturated rings. The molecule has 5 rings (SSSR count). The first-order valence-electron chi connectivity index (χ1n) is 14.1. The van der Waals surface area contributed by atoms with E-state index in [1.165, 1.54) is 13.0 Å². The Hall–Kier alpha value is -2.07. The number of hydrogen-bond donors (Lipinski definition) is 1. The molecule has 202 valence electrons. The lowest BCUT2D eigenvalue weighted by Crippen LogP contribution is -2.65. The lowest BCUT2D eigenvalue weighted by atomic mass is 9.50. The number of ketones is 1. The molecule has 0 saturated heterocycles. The maximum absolute atomic E-state index is 15.1. The molecule has 0 unspecified atom stereocenters. The Bertz CT molecular complexity index is 1510. The average Bonchev–Trinajstić information content (AvgIpc) is 3.12. The number of carbonyl (C=O) groups excluding carboxylic acids is 1. The van der Waals surface area contributed by atoms with E-state index in [9.17, 15) is 31.5 Å². The van der Waals surface area contributed by atoms with Crippen LogP contribution >= 0.6 is 0 Å². The van der Waals surface area contributed by atoms with Gasteiger partial charge in [-0.15, -0.1) is 0 Å². The summed E-state index contributed by atoms with van der Waals surface area (Å²) in [5, 5.41) is 11.3. The second kappa shape index (κ2) is 8.21. The molecule has 1 aromatic rings. The molecule has 1 N–H and O–H groups in total. The van der Waals surface area contributed by atoms with Crippen molar-refractivity contribution in [1.82, 2.24) is 0 Å². The van der Waals surface area contributed by atoms with Gasteiger partial charge in [0.15, 0.2) is 15.6 Å². The van der Waals surface area contributed by atoms with Crippen LogP contribution in [0.5, 0.6) is 0 Å². The van der Waals surface area contributed by atoms with Gasteiger partial charge in [0.25, 0.3) is 0 Å². The van der Waals surface area contributed by atoms with Gasteiger partial charge in [-0.2, -0.15) is 22.0 Å². The molecule has 0 radical (unpaired) electrons. The zero-order chi connectivity index (χ0) is 30.7. The third-order valence-electron chi connectivity index (χ3n) is 9.10. The van der Waals surface area contributed by atoms with Crippen LogP contribution in [-0.2, 0) is 14.6 Å². The molecule has 5 atom stereocenters. The summed E-state index contributed by atoms with van der Waals surface area (Å²) in [6, 6.07) is -3.22. The fourth-order valence-corrected chi connectivity index (χ4v) is 7.82. The van der Waals surface area contributed by atoms with Crippen molar-refractivity contribution in [2.45, 2.75) is 80.4 Å². The third-order valence-corrected chi connectivity index (χ3v) is 10.0. The maximum atomic E-state index is 15.1. The highest BCUT2D eigenvalue weighted by Gasteiger charge is 2.79. The van der Waals surface area contributed by atoms with Crippen molar-refractivity contribution in [2.75, 3.05) is 6.26 Å². The topological polar surface area (TPSA) is 71.4 Å². The standard InChI is InChI=1S/C27H29F5O4S/c1-24-14-21(15-3-7-18(8-4-15)37(2,35)36)23-19-10-6-17(33)13-16(19)5-9-20(23)22(24)11-12-25(24,34)26(28,29)27(30,31)32/h3-4,7-8,13,20-22,34H,5-6,9-12,14H2,1-2H3/t20-,21+,22-,24-,25-/m0/s1/i3D,4D,7D,8D. The molecule has 2 saturated carbocycles. The minimum absolute atomic E-state index is 0.123. The van der Waals surface area contributed by atoms with E-state index in [4.69, 9.17) is 5.48 Å². The highest BCUT2D eigenvalue weighted by atomic mass is 32.2. The SMILES string of the molecule is [2H]c1c([2H])c(S(C)(=O)=O)c([2H])c([2H])c1[C@H]1C[C@@]2(C)[C@@H](CC[C@@]2(O)C(F)(F)C(F)(F)F)[C@@H]2CCC3=CC(=O)CCC3=C21. The van der Waals surface area contributed by atoms with Gasteiger partial charge in [0, 0.05) is 24.0 Å². The van der Waals surface area contributed by atoms with E-state index in [1.54, 1.807) is 0 Å². The second-order valence-electron chi connectivity index (χ2n) is 11.0. The molecule has 37 heavy (non-hydrogen) atoms. The fraction of sp³-hybridized carbons (Fsp3) is 0.593. The molecule has 0 aliphatic heterocycles. The van der Waals surface area contributed by atoms with Crippen molar-refractivity contribution >= 4 is 15.6 Å². The second-order valence-corrected chi connectivity index (χ2v) is 12.9. The average molecular weight is 549 g/mol. The maximum Gasteiger partial charge on any atom is 0.456 e. The van der Waals surface area contributed by atoms with Crippen LogP contribution in [0.25, 0.3) is 0 Å². The summed E-state index contributed by atoms with van der Waals surface area (Å²) in [4.78, 5) is 11.3. The number of hydrogen-bond acceptors (Lipinski definition) is 4. The van der Waals surface area contributed by atoms with Gasteiger partial charge in [-0.25, -0.2) is 8.42 Å². The minimum Gasteiger partial charge on any atom is -0.383 e. The third kappa shape index (κ3) is 3.76. The summed E-state index contributed by atoms with van der Waals surface area (Å²) in [6.07, 6.45) is -4.38. The van der Waals surface area contributed by atoms with Crippen LogP contribution in [0, 0.1) is 17.3 Å². The van der Waals surface area contributed by atoms with Crippen LogP contribution in [0.4, 0.5) is 22.0 Å². The highest BCUT2D eigenvalue weighted by molar-refractivity contribution is 7.90. The molecular formula is C27H29F5O4S. The predicted octanol–water partition coefficient (Wildman–Crippen LogP) is 5.92. The number of aliphatic hydroxyl groups is 1. The first-order chi connectivity index (χ1) is 18.7. The van der Waals surface area contributed by atoms with Gasteiger partial charge in [0.2, 0.25) is 0 Å². The number of rotatable bonds is 3. The molecule has 4 nitrogen and oxygen atoms in total. The van der Waals surface area contributed by atoms with Gasteiger partial charge in [-0.05, 0) is 85.2 Å². The van der Waals surface area contributed by atoms with Gasteiger partial charge in [-0.3, -0.25) is 4.79 Å². The van der Waals surface area contributed by atoms with Crippen LogP contribution in [-0.4, -0.2) is 43.3 Å². The van der Waals surface area contributed by atoms with E-state index in [1.807, 2.05) is 0 Å². The number of alkyl halides is 5. The Morgan fingerprint density at radius 3 is 2.30 bits per heavy atom. The van der Waals surface area contributed by atoms with Crippen LogP contribution < -0.4 is 0 Å². The molecule has 0 bridgehead atoms. The monoisotopic (exact) mass is 548 g/mol. The van der Waals surface area contributed by atoms with Gasteiger partial charge in [0.1, 0.15) is 5.60 Å². The van der Waals surface area contributed by atoms with Gasteiger partial charge < -0.3 is 5.11 Å². The predicted molar refractivity (Wildman–Crippen MR) is 126 cm³/mol. The lowest BCUT2D eigenvalue weighted by Gasteiger charge is -2.56. The van der Waals surface area contributed by atoms with Crippen molar-refractivity contribution in [3.8, 4) is 0 Å². The van der Waals surface area contributed by atoms with Crippen molar-refractivity contribution < 1.29 is 45.8 Å². The lowest BCUT2D eigenvalue weighted by molar-refractivity contribution is -0.362. The quantitative estimate of drug-likeness (QED) is 0.476. The molecule has 0 amide bonds. The minimum atomic E-state index is -6.05. The first-order valence-corrected chi connectivity index (χ1v) is 14.0. The van der Waals surface area contributed by atoms with E-state index in [0.29, 0.717) is 23.1 Å². The largest absolute Gasteiger partial charge is 0.456 e.